The molecule has 0 aliphatic carbocycles. The zero-order valence-electron chi connectivity index (χ0n) is 22.1. The fourth-order valence-electron chi connectivity index (χ4n) is 6.95. The van der Waals surface area contributed by atoms with Gasteiger partial charge in [-0.15, -0.1) is 0 Å². The van der Waals surface area contributed by atoms with Crippen LogP contribution in [0.4, 0.5) is 13.2 Å². The maximum Gasteiger partial charge on any atom is 0.393 e. The van der Waals surface area contributed by atoms with E-state index in [0.717, 1.165) is 45.4 Å². The number of nitrogens with one attached hydrogen (secondary N) is 1. The molecule has 7 atom stereocenters. The largest absolute Gasteiger partial charge is 0.393 e. The number of piperidine rings is 3. The summed E-state index contributed by atoms with van der Waals surface area (Å²) in [5.41, 5.74) is 0. The Labute approximate surface area is 208 Å². The highest BCUT2D eigenvalue weighted by molar-refractivity contribution is 4.97. The third-order valence-electron chi connectivity index (χ3n) is 8.74. The van der Waals surface area contributed by atoms with Crippen LogP contribution in [0.1, 0.15) is 39.0 Å². The van der Waals surface area contributed by atoms with Crippen molar-refractivity contribution in [3.8, 4) is 0 Å². The fraction of sp³-hybridized carbons (Fsp3) is 1.00. The zero-order valence-corrected chi connectivity index (χ0v) is 22.1. The first kappa shape index (κ1) is 27.5. The van der Waals surface area contributed by atoms with Gasteiger partial charge < -0.3 is 5.11 Å². The van der Waals surface area contributed by atoms with Gasteiger partial charge in [0.05, 0.1) is 24.2 Å². The van der Waals surface area contributed by atoms with Crippen molar-refractivity contribution < 1.29 is 18.3 Å². The second-order valence-corrected chi connectivity index (χ2v) is 11.6. The highest BCUT2D eigenvalue weighted by Crippen LogP contribution is 2.35. The topological polar surface area (TPSA) is 51.7 Å². The SMILES string of the molecule is CC1CC(N2N(C)CCN2C)C(C(O)N2CCCC(NC3CCC(C(F)(F)F)CN3C)C2)N(C)C1. The van der Waals surface area contributed by atoms with E-state index in [4.69, 9.17) is 0 Å². The van der Waals surface area contributed by atoms with Crippen molar-refractivity contribution in [3.63, 3.8) is 0 Å². The highest BCUT2D eigenvalue weighted by atomic mass is 19.4. The van der Waals surface area contributed by atoms with Crippen LogP contribution in [0, 0.1) is 11.8 Å². The summed E-state index contributed by atoms with van der Waals surface area (Å²) in [5, 5.41) is 22.2. The molecule has 4 fully saturated rings. The van der Waals surface area contributed by atoms with Gasteiger partial charge in [0.15, 0.2) is 0 Å². The molecule has 4 rings (SSSR count). The number of likely N-dealkylation sites (tertiary alicyclic amines) is 3. The lowest BCUT2D eigenvalue weighted by Gasteiger charge is -2.52. The molecule has 0 aromatic rings. The Morgan fingerprint density at radius 2 is 1.57 bits per heavy atom. The van der Waals surface area contributed by atoms with Gasteiger partial charge in [-0.05, 0) is 52.1 Å². The third-order valence-corrected chi connectivity index (χ3v) is 8.74. The van der Waals surface area contributed by atoms with Crippen molar-refractivity contribution in [2.45, 2.75) is 75.7 Å². The summed E-state index contributed by atoms with van der Waals surface area (Å²) in [7, 11) is 8.16. The lowest BCUT2D eigenvalue weighted by Crippen LogP contribution is -2.68. The summed E-state index contributed by atoms with van der Waals surface area (Å²) in [6.07, 6.45) is -1.11. The molecule has 2 N–H and O–H groups in total. The number of hydrogen-bond acceptors (Lipinski definition) is 8. The van der Waals surface area contributed by atoms with E-state index < -0.39 is 18.3 Å². The normalized spacial score (nSPS) is 39.3. The first-order valence-corrected chi connectivity index (χ1v) is 13.3. The minimum Gasteiger partial charge on any atom is -0.377 e. The van der Waals surface area contributed by atoms with E-state index in [1.165, 1.54) is 0 Å². The van der Waals surface area contributed by atoms with Crippen LogP contribution in [0.3, 0.4) is 0 Å². The molecule has 0 amide bonds. The average Bonchev–Trinajstić information content (AvgIpc) is 3.11. The van der Waals surface area contributed by atoms with Gasteiger partial charge >= 0.3 is 6.18 Å². The number of aliphatic hydroxyl groups is 1. The number of rotatable bonds is 5. The van der Waals surface area contributed by atoms with Gasteiger partial charge in [-0.1, -0.05) is 6.92 Å². The first-order valence-electron chi connectivity index (χ1n) is 13.3. The number of nitrogens with zero attached hydrogens (tertiary/aromatic N) is 6. The van der Waals surface area contributed by atoms with Gasteiger partial charge in [0.25, 0.3) is 0 Å². The van der Waals surface area contributed by atoms with E-state index >= 15 is 0 Å². The minimum absolute atomic E-state index is 0.0159. The van der Waals surface area contributed by atoms with Crippen molar-refractivity contribution >= 4 is 0 Å². The molecule has 8 nitrogen and oxygen atoms in total. The number of hydrogen-bond donors (Lipinski definition) is 2. The summed E-state index contributed by atoms with van der Waals surface area (Å²) in [6, 6.07) is 0.336. The van der Waals surface area contributed by atoms with E-state index in [0.29, 0.717) is 18.9 Å². The molecule has 4 heterocycles. The Morgan fingerprint density at radius 3 is 2.20 bits per heavy atom. The van der Waals surface area contributed by atoms with E-state index in [2.05, 4.69) is 58.3 Å². The summed E-state index contributed by atoms with van der Waals surface area (Å²) in [6.45, 7) is 6.81. The summed E-state index contributed by atoms with van der Waals surface area (Å²) in [5.74, 6) is -0.688. The van der Waals surface area contributed by atoms with Crippen molar-refractivity contribution in [2.24, 2.45) is 11.8 Å². The highest BCUT2D eigenvalue weighted by Gasteiger charge is 2.47. The Balaban J connectivity index is 1.40. The molecule has 0 radical (unpaired) electrons. The summed E-state index contributed by atoms with van der Waals surface area (Å²) >= 11 is 0. The van der Waals surface area contributed by atoms with Crippen LogP contribution in [0.25, 0.3) is 0 Å². The van der Waals surface area contributed by atoms with Crippen LogP contribution in [0.5, 0.6) is 0 Å². The molecule has 204 valence electrons. The Hall–Kier alpha value is -0.530. The molecule has 0 saturated carbocycles. The van der Waals surface area contributed by atoms with Crippen LogP contribution in [-0.4, -0.2) is 139 Å². The van der Waals surface area contributed by atoms with Crippen LogP contribution < -0.4 is 5.32 Å². The van der Waals surface area contributed by atoms with Crippen LogP contribution in [0.2, 0.25) is 0 Å². The van der Waals surface area contributed by atoms with Crippen molar-refractivity contribution in [1.82, 2.24) is 35.2 Å². The van der Waals surface area contributed by atoms with Gasteiger partial charge in [0.2, 0.25) is 0 Å². The molecule has 11 heteroatoms. The van der Waals surface area contributed by atoms with E-state index in [-0.39, 0.29) is 37.3 Å². The van der Waals surface area contributed by atoms with Crippen molar-refractivity contribution in [2.75, 3.05) is 67.5 Å². The van der Waals surface area contributed by atoms with Gasteiger partial charge in [-0.2, -0.15) is 18.3 Å². The van der Waals surface area contributed by atoms with Crippen LogP contribution in [-0.2, 0) is 0 Å². The Morgan fingerprint density at radius 1 is 0.886 bits per heavy atom. The predicted molar refractivity (Wildman–Crippen MR) is 130 cm³/mol. The Bertz CT molecular complexity index is 691. The monoisotopic (exact) mass is 505 g/mol. The fourth-order valence-corrected chi connectivity index (χ4v) is 6.95. The zero-order chi connectivity index (χ0) is 25.5. The molecule has 4 saturated heterocycles. The number of alkyl halides is 3. The second-order valence-electron chi connectivity index (χ2n) is 11.6. The smallest absolute Gasteiger partial charge is 0.377 e. The molecule has 0 spiro atoms. The van der Waals surface area contributed by atoms with Crippen molar-refractivity contribution in [1.29, 1.82) is 0 Å². The van der Waals surface area contributed by atoms with E-state index in [1.54, 1.807) is 7.05 Å². The van der Waals surface area contributed by atoms with Gasteiger partial charge in [-0.25, -0.2) is 10.0 Å². The first-order chi connectivity index (χ1) is 16.5. The average molecular weight is 506 g/mol. The molecule has 35 heavy (non-hydrogen) atoms. The maximum atomic E-state index is 13.2. The number of aliphatic hydroxyl groups excluding tert-OH is 1. The molecule has 0 aromatic heterocycles. The van der Waals surface area contributed by atoms with Crippen LogP contribution in [0.15, 0.2) is 0 Å². The molecule has 4 aliphatic heterocycles. The van der Waals surface area contributed by atoms with Crippen LogP contribution >= 0.6 is 0 Å². The standard InChI is InChI=1S/C24H46F3N7O/c1-17-13-20(34-31(4)11-12-32(34)5)22(30(3)14-17)23(35)33-10-6-7-19(16-33)28-21-9-8-18(15-29(21)2)24(25,26)27/h17-23,28,35H,6-16H2,1-5H3. The van der Waals surface area contributed by atoms with Gasteiger partial charge in [0.1, 0.15) is 6.23 Å². The molecular formula is C24H46F3N7O. The molecule has 0 bridgehead atoms. The van der Waals surface area contributed by atoms with Gasteiger partial charge in [-0.3, -0.25) is 20.0 Å². The van der Waals surface area contributed by atoms with E-state index in [9.17, 15) is 18.3 Å². The third kappa shape index (κ3) is 6.14. The summed E-state index contributed by atoms with van der Waals surface area (Å²) < 4.78 is 39.5. The number of halogens is 3. The number of likely N-dealkylation sites (N-methyl/N-ethyl adjacent to an activating group) is 3. The lowest BCUT2D eigenvalue weighted by molar-refractivity contribution is -0.194. The quantitative estimate of drug-likeness (QED) is 0.580. The minimum atomic E-state index is -4.12. The molecule has 7 unspecified atom stereocenters. The molecule has 0 aromatic carbocycles. The van der Waals surface area contributed by atoms with Gasteiger partial charge in [0, 0.05) is 59.4 Å². The Kier molecular flexibility index (Phi) is 8.70. The van der Waals surface area contributed by atoms with Crippen molar-refractivity contribution in [3.05, 3.63) is 0 Å². The maximum absolute atomic E-state index is 13.2. The summed E-state index contributed by atoms with van der Waals surface area (Å²) in [4.78, 5) is 6.35. The molecular weight excluding hydrogens is 459 g/mol. The second kappa shape index (κ2) is 11.1. The molecule has 4 aliphatic rings. The van der Waals surface area contributed by atoms with E-state index in [1.807, 2.05) is 4.90 Å². The lowest BCUT2D eigenvalue weighted by atomic mass is 9.87. The number of hydrazine groups is 2. The predicted octanol–water partition coefficient (Wildman–Crippen LogP) is 1.31.